The summed E-state index contributed by atoms with van der Waals surface area (Å²) < 4.78 is 42.4. The highest BCUT2D eigenvalue weighted by molar-refractivity contribution is 5.96. The van der Waals surface area contributed by atoms with Crippen LogP contribution in [0.3, 0.4) is 0 Å². The van der Waals surface area contributed by atoms with Crippen LogP contribution < -0.4 is 10.5 Å². The van der Waals surface area contributed by atoms with Crippen molar-refractivity contribution in [3.63, 3.8) is 0 Å². The number of nitrogens with two attached hydrogens (primary N) is 1. The number of amides is 1. The van der Waals surface area contributed by atoms with Gasteiger partial charge in [-0.2, -0.15) is 18.4 Å². The van der Waals surface area contributed by atoms with Gasteiger partial charge in [-0.15, -0.1) is 0 Å². The summed E-state index contributed by atoms with van der Waals surface area (Å²) in [5.41, 5.74) is 2.67. The van der Waals surface area contributed by atoms with Crippen molar-refractivity contribution in [2.24, 2.45) is 5.73 Å². The molecule has 0 saturated heterocycles. The van der Waals surface area contributed by atoms with E-state index in [9.17, 15) is 18.0 Å². The summed E-state index contributed by atoms with van der Waals surface area (Å²) in [6.07, 6.45) is -4.73. The van der Waals surface area contributed by atoms with Gasteiger partial charge in [-0.25, -0.2) is 0 Å². The van der Waals surface area contributed by atoms with E-state index in [1.54, 1.807) is 0 Å². The molecule has 1 amide bonds. The number of primary amides is 1. The molecule has 1 aromatic rings. The number of carbonyl (C=O) groups is 1. The van der Waals surface area contributed by atoms with Gasteiger partial charge in [0.2, 0.25) is 0 Å². The number of methoxy groups -OCH3 is 1. The number of nitriles is 1. The lowest BCUT2D eigenvalue weighted by atomic mass is 10.0. The van der Waals surface area contributed by atoms with Crippen LogP contribution in [-0.2, 0) is 6.18 Å². The molecule has 0 aliphatic heterocycles. The molecule has 7 heteroatoms. The molecule has 1 aromatic carbocycles. The highest BCUT2D eigenvalue weighted by atomic mass is 19.4. The second-order valence-electron chi connectivity index (χ2n) is 3.07. The van der Waals surface area contributed by atoms with Gasteiger partial charge < -0.3 is 10.5 Å². The molecule has 0 aliphatic rings. The third-order valence-corrected chi connectivity index (χ3v) is 2.03. The second kappa shape index (κ2) is 4.33. The minimum Gasteiger partial charge on any atom is -0.496 e. The lowest BCUT2D eigenvalue weighted by Gasteiger charge is -2.12. The van der Waals surface area contributed by atoms with Gasteiger partial charge in [-0.05, 0) is 12.1 Å². The molecule has 0 unspecified atom stereocenters. The maximum atomic E-state index is 12.6. The Kier molecular flexibility index (Phi) is 3.27. The van der Waals surface area contributed by atoms with Gasteiger partial charge in [0.1, 0.15) is 5.75 Å². The maximum Gasteiger partial charge on any atom is 0.417 e. The van der Waals surface area contributed by atoms with Crippen molar-refractivity contribution in [1.82, 2.24) is 0 Å². The molecule has 0 bridgehead atoms. The van der Waals surface area contributed by atoms with Crippen LogP contribution in [0.15, 0.2) is 12.1 Å². The van der Waals surface area contributed by atoms with Gasteiger partial charge in [0.25, 0.3) is 5.91 Å². The third kappa shape index (κ3) is 2.47. The normalized spacial score (nSPS) is 10.8. The second-order valence-corrected chi connectivity index (χ2v) is 3.07. The Balaban J connectivity index is 3.58. The molecule has 2 N–H and O–H groups in total. The van der Waals surface area contributed by atoms with E-state index in [4.69, 9.17) is 15.7 Å². The van der Waals surface area contributed by atoms with E-state index in [0.29, 0.717) is 6.07 Å². The molecular weight excluding hydrogens is 237 g/mol. The fourth-order valence-electron chi connectivity index (χ4n) is 1.27. The Hall–Kier alpha value is -2.23. The summed E-state index contributed by atoms with van der Waals surface area (Å²) in [5, 5.41) is 8.61. The number of nitrogens with zero attached hydrogens (tertiary/aromatic N) is 1. The molecular formula is C10H7F3N2O2. The molecule has 0 heterocycles. The molecule has 0 radical (unpaired) electrons. The number of alkyl halides is 3. The van der Waals surface area contributed by atoms with Crippen molar-refractivity contribution in [2.75, 3.05) is 7.11 Å². The Morgan fingerprint density at radius 3 is 2.41 bits per heavy atom. The van der Waals surface area contributed by atoms with Gasteiger partial charge in [0, 0.05) is 0 Å². The largest absolute Gasteiger partial charge is 0.496 e. The summed E-state index contributed by atoms with van der Waals surface area (Å²) in [4.78, 5) is 11.0. The zero-order valence-corrected chi connectivity index (χ0v) is 8.63. The summed E-state index contributed by atoms with van der Waals surface area (Å²) in [6.45, 7) is 0. The Morgan fingerprint density at radius 2 is 2.06 bits per heavy atom. The van der Waals surface area contributed by atoms with Crippen LogP contribution in [-0.4, -0.2) is 13.0 Å². The molecule has 0 fully saturated rings. The zero-order chi connectivity index (χ0) is 13.2. The molecule has 90 valence electrons. The van der Waals surface area contributed by atoms with E-state index in [0.717, 1.165) is 13.2 Å². The molecule has 0 atom stereocenters. The zero-order valence-electron chi connectivity index (χ0n) is 8.63. The Bertz CT molecular complexity index is 503. The maximum absolute atomic E-state index is 12.6. The molecule has 0 saturated carbocycles. The van der Waals surface area contributed by atoms with Crippen molar-refractivity contribution in [1.29, 1.82) is 5.26 Å². The van der Waals surface area contributed by atoms with Crippen molar-refractivity contribution < 1.29 is 22.7 Å². The lowest BCUT2D eigenvalue weighted by Crippen LogP contribution is -2.16. The van der Waals surface area contributed by atoms with E-state index in [1.165, 1.54) is 6.07 Å². The van der Waals surface area contributed by atoms with E-state index < -0.39 is 28.8 Å². The minimum absolute atomic E-state index is 0.165. The van der Waals surface area contributed by atoms with E-state index in [-0.39, 0.29) is 5.75 Å². The number of halogens is 3. The number of carbonyl (C=O) groups excluding carboxylic acids is 1. The third-order valence-electron chi connectivity index (χ3n) is 2.03. The first-order valence-corrected chi connectivity index (χ1v) is 4.30. The Morgan fingerprint density at radius 1 is 1.47 bits per heavy atom. The van der Waals surface area contributed by atoms with Crippen LogP contribution in [0.25, 0.3) is 0 Å². The fourth-order valence-corrected chi connectivity index (χ4v) is 1.27. The van der Waals surface area contributed by atoms with Crippen LogP contribution in [0.2, 0.25) is 0 Å². The van der Waals surface area contributed by atoms with E-state index in [1.807, 2.05) is 0 Å². The summed E-state index contributed by atoms with van der Waals surface area (Å²) >= 11 is 0. The molecule has 1 rings (SSSR count). The van der Waals surface area contributed by atoms with E-state index >= 15 is 0 Å². The van der Waals surface area contributed by atoms with Gasteiger partial charge in [-0.3, -0.25) is 4.79 Å². The first-order valence-electron chi connectivity index (χ1n) is 4.30. The summed E-state index contributed by atoms with van der Waals surface area (Å²) in [6, 6.07) is 2.74. The minimum atomic E-state index is -4.73. The predicted molar refractivity (Wildman–Crippen MR) is 51.2 cm³/mol. The highest BCUT2D eigenvalue weighted by Crippen LogP contribution is 2.35. The van der Waals surface area contributed by atoms with Crippen LogP contribution in [0.4, 0.5) is 13.2 Å². The van der Waals surface area contributed by atoms with Crippen LogP contribution in [0, 0.1) is 11.3 Å². The molecule has 0 aliphatic carbocycles. The first kappa shape index (κ1) is 12.8. The topological polar surface area (TPSA) is 76.1 Å². The number of hydrogen-bond acceptors (Lipinski definition) is 3. The van der Waals surface area contributed by atoms with Crippen LogP contribution in [0.5, 0.6) is 5.75 Å². The average Bonchev–Trinajstić information content (AvgIpc) is 2.25. The highest BCUT2D eigenvalue weighted by Gasteiger charge is 2.35. The number of hydrogen-bond donors (Lipinski definition) is 1. The number of ether oxygens (including phenoxy) is 1. The fraction of sp³-hybridized carbons (Fsp3) is 0.200. The molecule has 17 heavy (non-hydrogen) atoms. The average molecular weight is 244 g/mol. The number of rotatable bonds is 2. The lowest BCUT2D eigenvalue weighted by molar-refractivity contribution is -0.137. The van der Waals surface area contributed by atoms with Crippen LogP contribution in [0.1, 0.15) is 21.5 Å². The van der Waals surface area contributed by atoms with Crippen molar-refractivity contribution >= 4 is 5.91 Å². The standard InChI is InChI=1S/C10H7F3N2O2/c1-17-8-2-5(4-14)7(10(11,12)13)3-6(8)9(15)16/h2-3H,1H3,(H2,15,16). The predicted octanol–water partition coefficient (Wildman–Crippen LogP) is 1.68. The van der Waals surface area contributed by atoms with E-state index in [2.05, 4.69) is 0 Å². The summed E-state index contributed by atoms with van der Waals surface area (Å²) in [5.74, 6) is -1.22. The SMILES string of the molecule is COc1cc(C#N)c(C(F)(F)F)cc1C(N)=O. The van der Waals surface area contributed by atoms with Gasteiger partial charge in [0.05, 0.1) is 29.9 Å². The molecule has 4 nitrogen and oxygen atoms in total. The first-order chi connectivity index (χ1) is 7.81. The van der Waals surface area contributed by atoms with Crippen molar-refractivity contribution in [3.05, 3.63) is 28.8 Å². The van der Waals surface area contributed by atoms with Crippen LogP contribution >= 0.6 is 0 Å². The summed E-state index contributed by atoms with van der Waals surface area (Å²) in [7, 11) is 1.16. The van der Waals surface area contributed by atoms with Gasteiger partial charge in [0.15, 0.2) is 0 Å². The van der Waals surface area contributed by atoms with Crippen molar-refractivity contribution in [3.8, 4) is 11.8 Å². The Labute approximate surface area is 94.4 Å². The smallest absolute Gasteiger partial charge is 0.417 e. The monoisotopic (exact) mass is 244 g/mol. The van der Waals surface area contributed by atoms with Gasteiger partial charge in [-0.1, -0.05) is 0 Å². The quantitative estimate of drug-likeness (QED) is 0.859. The molecule has 0 aromatic heterocycles. The van der Waals surface area contributed by atoms with Gasteiger partial charge >= 0.3 is 6.18 Å². The number of benzene rings is 1. The van der Waals surface area contributed by atoms with Crippen molar-refractivity contribution in [2.45, 2.75) is 6.18 Å². The molecule has 0 spiro atoms.